The van der Waals surface area contributed by atoms with Crippen molar-refractivity contribution >= 4 is 38.0 Å². The number of fused-ring (bicyclic) bond motifs is 1. The van der Waals surface area contributed by atoms with Gasteiger partial charge in [0.2, 0.25) is 0 Å². The van der Waals surface area contributed by atoms with Gasteiger partial charge in [0.05, 0.1) is 8.95 Å². The maximum atomic E-state index is 12.1. The summed E-state index contributed by atoms with van der Waals surface area (Å²) in [6, 6.07) is 1.85. The highest BCUT2D eigenvalue weighted by Crippen LogP contribution is 2.39. The number of benzene rings is 1. The van der Waals surface area contributed by atoms with Gasteiger partial charge in [0.1, 0.15) is 11.4 Å². The van der Waals surface area contributed by atoms with E-state index < -0.39 is 5.60 Å². The summed E-state index contributed by atoms with van der Waals surface area (Å²) >= 11 is 6.72. The van der Waals surface area contributed by atoms with Crippen molar-refractivity contribution in [2.45, 2.75) is 39.3 Å². The van der Waals surface area contributed by atoms with Gasteiger partial charge < -0.3 is 14.7 Å². The highest BCUT2D eigenvalue weighted by molar-refractivity contribution is 9.11. The summed E-state index contributed by atoms with van der Waals surface area (Å²) in [5.74, 6) is 0.203. The van der Waals surface area contributed by atoms with Crippen LogP contribution in [0.5, 0.6) is 5.75 Å². The van der Waals surface area contributed by atoms with Crippen LogP contribution in [0.2, 0.25) is 0 Å². The molecule has 0 atom stereocenters. The van der Waals surface area contributed by atoms with Gasteiger partial charge in [-0.2, -0.15) is 0 Å². The number of halogens is 2. The zero-order valence-corrected chi connectivity index (χ0v) is 14.8. The normalized spacial score (nSPS) is 14.9. The number of rotatable bonds is 0. The first-order chi connectivity index (χ1) is 9.19. The predicted octanol–water partition coefficient (Wildman–Crippen LogP) is 4.21. The van der Waals surface area contributed by atoms with Crippen LogP contribution in [-0.4, -0.2) is 28.2 Å². The molecule has 0 saturated heterocycles. The number of hydrogen-bond acceptors (Lipinski definition) is 3. The third-order valence-corrected chi connectivity index (χ3v) is 4.49. The summed E-state index contributed by atoms with van der Waals surface area (Å²) in [7, 11) is 0. The van der Waals surface area contributed by atoms with Gasteiger partial charge in [-0.05, 0) is 76.2 Å². The summed E-state index contributed by atoms with van der Waals surface area (Å²) in [6.07, 6.45) is 0.388. The molecule has 1 aromatic rings. The van der Waals surface area contributed by atoms with E-state index in [1.54, 1.807) is 4.90 Å². The fourth-order valence-electron chi connectivity index (χ4n) is 2.12. The Morgan fingerprint density at radius 2 is 2.05 bits per heavy atom. The molecule has 1 N–H and O–H groups in total. The van der Waals surface area contributed by atoms with Crippen molar-refractivity contribution in [1.82, 2.24) is 4.90 Å². The molecule has 0 fully saturated rings. The van der Waals surface area contributed by atoms with Gasteiger partial charge in [-0.15, -0.1) is 0 Å². The molecule has 0 spiro atoms. The lowest BCUT2D eigenvalue weighted by Crippen LogP contribution is -2.40. The average molecular weight is 407 g/mol. The zero-order valence-electron chi connectivity index (χ0n) is 11.7. The Kier molecular flexibility index (Phi) is 4.35. The number of phenols is 1. The number of carbonyl (C=O) groups is 1. The largest absolute Gasteiger partial charge is 0.506 e. The molecular formula is C14H17Br2NO3. The summed E-state index contributed by atoms with van der Waals surface area (Å²) in [4.78, 5) is 13.8. The molecule has 1 aliphatic heterocycles. The van der Waals surface area contributed by atoms with Crippen LogP contribution in [0.15, 0.2) is 15.0 Å². The molecular weight excluding hydrogens is 390 g/mol. The third kappa shape index (κ3) is 3.28. The number of nitrogens with zero attached hydrogens (tertiary/aromatic N) is 1. The quantitative estimate of drug-likeness (QED) is 0.701. The minimum Gasteiger partial charge on any atom is -0.506 e. The molecule has 1 heterocycles. The Labute approximate surface area is 135 Å². The SMILES string of the molecule is CC(C)(C)OC(=O)N1CCc2c(cc(Br)c(O)c2Br)C1. The van der Waals surface area contributed by atoms with E-state index in [0.29, 0.717) is 28.5 Å². The molecule has 1 aromatic carbocycles. The smallest absolute Gasteiger partial charge is 0.410 e. The molecule has 2 rings (SSSR count). The van der Waals surface area contributed by atoms with Crippen LogP contribution in [0, 0.1) is 0 Å². The zero-order chi connectivity index (χ0) is 15.1. The van der Waals surface area contributed by atoms with Gasteiger partial charge in [-0.25, -0.2) is 4.79 Å². The van der Waals surface area contributed by atoms with Crippen LogP contribution in [-0.2, 0) is 17.7 Å². The van der Waals surface area contributed by atoms with Crippen LogP contribution in [0.25, 0.3) is 0 Å². The molecule has 1 amide bonds. The number of hydrogen-bond donors (Lipinski definition) is 1. The van der Waals surface area contributed by atoms with E-state index in [-0.39, 0.29) is 11.8 Å². The molecule has 0 aliphatic carbocycles. The van der Waals surface area contributed by atoms with E-state index in [9.17, 15) is 9.90 Å². The summed E-state index contributed by atoms with van der Waals surface area (Å²) in [5.41, 5.74) is 1.57. The molecule has 0 radical (unpaired) electrons. The average Bonchev–Trinajstić information content (AvgIpc) is 2.33. The lowest BCUT2D eigenvalue weighted by molar-refractivity contribution is 0.0223. The minimum atomic E-state index is -0.493. The molecule has 0 unspecified atom stereocenters. The van der Waals surface area contributed by atoms with Crippen molar-refractivity contribution in [3.05, 3.63) is 26.1 Å². The van der Waals surface area contributed by atoms with Crippen LogP contribution in [0.3, 0.4) is 0 Å². The fourth-order valence-corrected chi connectivity index (χ4v) is 3.53. The first-order valence-corrected chi connectivity index (χ1v) is 7.94. The minimum absolute atomic E-state index is 0.203. The Morgan fingerprint density at radius 1 is 1.40 bits per heavy atom. The van der Waals surface area contributed by atoms with Gasteiger partial charge in [-0.1, -0.05) is 0 Å². The molecule has 4 nitrogen and oxygen atoms in total. The van der Waals surface area contributed by atoms with Gasteiger partial charge in [-0.3, -0.25) is 0 Å². The molecule has 0 bridgehead atoms. The Balaban J connectivity index is 2.21. The first-order valence-electron chi connectivity index (χ1n) is 6.35. The second kappa shape index (κ2) is 5.56. The number of phenolic OH excluding ortho intramolecular Hbond substituents is 1. The highest BCUT2D eigenvalue weighted by atomic mass is 79.9. The second-order valence-electron chi connectivity index (χ2n) is 5.81. The van der Waals surface area contributed by atoms with Gasteiger partial charge >= 0.3 is 6.09 Å². The fraction of sp³-hybridized carbons (Fsp3) is 0.500. The molecule has 110 valence electrons. The first kappa shape index (κ1) is 15.6. The number of ether oxygens (including phenoxy) is 1. The molecule has 0 aromatic heterocycles. The summed E-state index contributed by atoms with van der Waals surface area (Å²) < 4.78 is 6.71. The predicted molar refractivity (Wildman–Crippen MR) is 83.9 cm³/mol. The lowest BCUT2D eigenvalue weighted by atomic mass is 10.00. The van der Waals surface area contributed by atoms with Crippen molar-refractivity contribution in [2.24, 2.45) is 0 Å². The van der Waals surface area contributed by atoms with E-state index in [1.807, 2.05) is 26.8 Å². The number of amides is 1. The number of carbonyl (C=O) groups excluding carboxylic acids is 1. The van der Waals surface area contributed by atoms with Crippen molar-refractivity contribution in [3.63, 3.8) is 0 Å². The summed E-state index contributed by atoms with van der Waals surface area (Å²) in [5, 5.41) is 9.89. The van der Waals surface area contributed by atoms with Crippen molar-refractivity contribution in [1.29, 1.82) is 0 Å². The maximum Gasteiger partial charge on any atom is 0.410 e. The standard InChI is InChI=1S/C14H17Br2NO3/c1-14(2,3)20-13(19)17-5-4-9-8(7-17)6-10(15)12(18)11(9)16/h6,18H,4-5,7H2,1-3H3. The van der Waals surface area contributed by atoms with E-state index in [0.717, 1.165) is 11.1 Å². The van der Waals surface area contributed by atoms with E-state index in [4.69, 9.17) is 4.74 Å². The van der Waals surface area contributed by atoms with E-state index >= 15 is 0 Å². The molecule has 1 aliphatic rings. The van der Waals surface area contributed by atoms with Crippen LogP contribution in [0.4, 0.5) is 4.79 Å². The third-order valence-electron chi connectivity index (χ3n) is 3.03. The van der Waals surface area contributed by atoms with Crippen LogP contribution < -0.4 is 0 Å². The maximum absolute atomic E-state index is 12.1. The lowest BCUT2D eigenvalue weighted by Gasteiger charge is -2.32. The van der Waals surface area contributed by atoms with Crippen molar-refractivity contribution in [3.8, 4) is 5.75 Å². The molecule has 0 saturated carbocycles. The highest BCUT2D eigenvalue weighted by Gasteiger charge is 2.27. The topological polar surface area (TPSA) is 49.8 Å². The van der Waals surface area contributed by atoms with Gasteiger partial charge in [0.15, 0.2) is 0 Å². The Hall–Kier alpha value is -0.750. The summed E-state index contributed by atoms with van der Waals surface area (Å²) in [6.45, 7) is 6.64. The Morgan fingerprint density at radius 3 is 2.65 bits per heavy atom. The van der Waals surface area contributed by atoms with Crippen molar-refractivity contribution < 1.29 is 14.6 Å². The monoisotopic (exact) mass is 405 g/mol. The molecule has 20 heavy (non-hydrogen) atoms. The van der Waals surface area contributed by atoms with Crippen LogP contribution >= 0.6 is 31.9 Å². The Bertz CT molecular complexity index is 552. The van der Waals surface area contributed by atoms with Crippen molar-refractivity contribution in [2.75, 3.05) is 6.54 Å². The van der Waals surface area contributed by atoms with Crippen LogP contribution in [0.1, 0.15) is 31.9 Å². The molecule has 6 heteroatoms. The second-order valence-corrected chi connectivity index (χ2v) is 7.46. The van der Waals surface area contributed by atoms with E-state index in [2.05, 4.69) is 31.9 Å². The van der Waals surface area contributed by atoms with Gasteiger partial charge in [0, 0.05) is 13.1 Å². The number of aromatic hydroxyl groups is 1. The van der Waals surface area contributed by atoms with E-state index in [1.165, 1.54) is 0 Å². The van der Waals surface area contributed by atoms with Gasteiger partial charge in [0.25, 0.3) is 0 Å².